The smallest absolute Gasteiger partial charge is 0.139 e. The standard InChI is InChI=1S/C12H21NO/c1-10-6-4-7-11(2)13(10)9-5-8-12(3)14/h10-12,14H,4,6-7,9H2,1-3H3/p+1/t10-,11+,12-/m1/s1. The van der Waals surface area contributed by atoms with Crippen LogP contribution >= 0.6 is 0 Å². The van der Waals surface area contributed by atoms with E-state index in [4.69, 9.17) is 5.11 Å². The molecule has 0 spiro atoms. The van der Waals surface area contributed by atoms with Gasteiger partial charge in [0.1, 0.15) is 12.6 Å². The van der Waals surface area contributed by atoms with Gasteiger partial charge in [0.25, 0.3) is 0 Å². The zero-order chi connectivity index (χ0) is 10.6. The van der Waals surface area contributed by atoms with Gasteiger partial charge in [-0.3, -0.25) is 0 Å². The Labute approximate surface area is 87.3 Å². The maximum atomic E-state index is 9.03. The van der Waals surface area contributed by atoms with Gasteiger partial charge in [0.15, 0.2) is 0 Å². The van der Waals surface area contributed by atoms with E-state index in [1.807, 2.05) is 0 Å². The number of hydrogen-bond donors (Lipinski definition) is 2. The van der Waals surface area contributed by atoms with Crippen LogP contribution in [0.3, 0.4) is 0 Å². The van der Waals surface area contributed by atoms with Crippen molar-refractivity contribution in [1.29, 1.82) is 0 Å². The molecule has 1 unspecified atom stereocenters. The SMILES string of the molecule is C[C@@H]1CCC[C@H](C)[NH+]1CC#C[C@@H](C)O. The molecule has 2 heteroatoms. The van der Waals surface area contributed by atoms with E-state index in [1.165, 1.54) is 19.3 Å². The summed E-state index contributed by atoms with van der Waals surface area (Å²) in [5, 5.41) is 9.03. The lowest BCUT2D eigenvalue weighted by Crippen LogP contribution is -3.19. The van der Waals surface area contributed by atoms with E-state index >= 15 is 0 Å². The molecule has 0 aliphatic carbocycles. The topological polar surface area (TPSA) is 24.7 Å². The van der Waals surface area contributed by atoms with E-state index in [0.29, 0.717) is 0 Å². The number of quaternary nitrogens is 1. The van der Waals surface area contributed by atoms with Gasteiger partial charge in [-0.05, 0) is 46.0 Å². The number of piperidine rings is 1. The zero-order valence-corrected chi connectivity index (χ0v) is 9.51. The number of aliphatic hydroxyl groups is 1. The molecule has 1 aliphatic rings. The van der Waals surface area contributed by atoms with Crippen LogP contribution in [0, 0.1) is 11.8 Å². The normalized spacial score (nSPS) is 34.4. The van der Waals surface area contributed by atoms with Gasteiger partial charge >= 0.3 is 0 Å². The molecule has 0 amide bonds. The minimum absolute atomic E-state index is 0.482. The molecule has 80 valence electrons. The first-order valence-corrected chi connectivity index (χ1v) is 5.63. The number of rotatable bonds is 1. The first kappa shape index (κ1) is 11.6. The highest BCUT2D eigenvalue weighted by molar-refractivity contribution is 5.03. The van der Waals surface area contributed by atoms with Gasteiger partial charge in [-0.1, -0.05) is 5.92 Å². The second kappa shape index (κ2) is 5.38. The van der Waals surface area contributed by atoms with Gasteiger partial charge in [-0.15, -0.1) is 0 Å². The van der Waals surface area contributed by atoms with Crippen LogP contribution in [-0.4, -0.2) is 29.8 Å². The van der Waals surface area contributed by atoms with E-state index in [9.17, 15) is 0 Å². The number of likely N-dealkylation sites (tertiary alicyclic amines) is 1. The molecule has 2 nitrogen and oxygen atoms in total. The molecule has 2 N–H and O–H groups in total. The molecule has 0 aromatic rings. The van der Waals surface area contributed by atoms with Crippen molar-refractivity contribution in [2.75, 3.05) is 6.54 Å². The molecule has 1 saturated heterocycles. The predicted molar refractivity (Wildman–Crippen MR) is 58.1 cm³/mol. The summed E-state index contributed by atoms with van der Waals surface area (Å²) in [6, 6.07) is 1.45. The Bertz CT molecular complexity index is 216. The largest absolute Gasteiger partial charge is 0.381 e. The highest BCUT2D eigenvalue weighted by Crippen LogP contribution is 2.06. The van der Waals surface area contributed by atoms with Crippen LogP contribution in [0.5, 0.6) is 0 Å². The first-order chi connectivity index (χ1) is 6.61. The highest BCUT2D eigenvalue weighted by Gasteiger charge is 2.27. The number of hydrogen-bond acceptors (Lipinski definition) is 1. The van der Waals surface area contributed by atoms with Gasteiger partial charge in [0.05, 0.1) is 12.1 Å². The van der Waals surface area contributed by atoms with E-state index in [1.54, 1.807) is 11.8 Å². The van der Waals surface area contributed by atoms with Crippen molar-refractivity contribution in [2.24, 2.45) is 0 Å². The second-order valence-electron chi connectivity index (χ2n) is 4.48. The highest BCUT2D eigenvalue weighted by atomic mass is 16.3. The van der Waals surface area contributed by atoms with E-state index < -0.39 is 6.10 Å². The molecular formula is C12H22NO+. The van der Waals surface area contributed by atoms with Crippen molar-refractivity contribution in [3.05, 3.63) is 0 Å². The Morgan fingerprint density at radius 2 is 1.93 bits per heavy atom. The third kappa shape index (κ3) is 3.32. The van der Waals surface area contributed by atoms with Crippen molar-refractivity contribution < 1.29 is 10.0 Å². The molecule has 14 heavy (non-hydrogen) atoms. The summed E-state index contributed by atoms with van der Waals surface area (Å²) in [6.07, 6.45) is 3.51. The van der Waals surface area contributed by atoms with Gasteiger partial charge in [-0.25, -0.2) is 0 Å². The molecule has 4 atom stereocenters. The molecule has 0 bridgehead atoms. The summed E-state index contributed by atoms with van der Waals surface area (Å²) in [5.74, 6) is 5.90. The maximum absolute atomic E-state index is 9.03. The van der Waals surface area contributed by atoms with Crippen LogP contribution in [0.2, 0.25) is 0 Å². The molecule has 0 radical (unpaired) electrons. The number of aliphatic hydroxyl groups excluding tert-OH is 1. The van der Waals surface area contributed by atoms with Crippen LogP contribution < -0.4 is 4.90 Å². The maximum Gasteiger partial charge on any atom is 0.139 e. The van der Waals surface area contributed by atoms with Gasteiger partial charge in [-0.2, -0.15) is 0 Å². The summed E-state index contributed by atoms with van der Waals surface area (Å²) >= 11 is 0. The van der Waals surface area contributed by atoms with Crippen LogP contribution in [-0.2, 0) is 0 Å². The summed E-state index contributed by atoms with van der Waals surface area (Å²) in [6.45, 7) is 7.20. The third-order valence-corrected chi connectivity index (χ3v) is 3.14. The molecule has 1 fully saturated rings. The Hall–Kier alpha value is -0.520. The van der Waals surface area contributed by atoms with E-state index in [0.717, 1.165) is 18.6 Å². The fraction of sp³-hybridized carbons (Fsp3) is 0.833. The summed E-state index contributed by atoms with van der Waals surface area (Å²) < 4.78 is 0. The molecule has 0 saturated carbocycles. The summed E-state index contributed by atoms with van der Waals surface area (Å²) in [5.41, 5.74) is 0. The second-order valence-corrected chi connectivity index (χ2v) is 4.48. The predicted octanol–water partition coefficient (Wildman–Crippen LogP) is 0.216. The number of nitrogens with one attached hydrogen (secondary N) is 1. The average molecular weight is 196 g/mol. The first-order valence-electron chi connectivity index (χ1n) is 5.63. The molecule has 0 aromatic heterocycles. The lowest BCUT2D eigenvalue weighted by molar-refractivity contribution is -0.944. The lowest BCUT2D eigenvalue weighted by Gasteiger charge is -2.34. The fourth-order valence-electron chi connectivity index (χ4n) is 2.24. The monoisotopic (exact) mass is 196 g/mol. The molecule has 0 aromatic carbocycles. The van der Waals surface area contributed by atoms with Gasteiger partial charge < -0.3 is 10.0 Å². The minimum Gasteiger partial charge on any atom is -0.381 e. The lowest BCUT2D eigenvalue weighted by atomic mass is 9.98. The minimum atomic E-state index is -0.482. The quantitative estimate of drug-likeness (QED) is 0.576. The Kier molecular flexibility index (Phi) is 4.44. The molecule has 1 aliphatic heterocycles. The van der Waals surface area contributed by atoms with E-state index in [2.05, 4.69) is 25.7 Å². The van der Waals surface area contributed by atoms with Crippen molar-refractivity contribution in [1.82, 2.24) is 0 Å². The van der Waals surface area contributed by atoms with Crippen molar-refractivity contribution in [3.8, 4) is 11.8 Å². The van der Waals surface area contributed by atoms with Gasteiger partial charge in [0.2, 0.25) is 0 Å². The van der Waals surface area contributed by atoms with E-state index in [-0.39, 0.29) is 0 Å². The van der Waals surface area contributed by atoms with Gasteiger partial charge in [0, 0.05) is 0 Å². The van der Waals surface area contributed by atoms with Crippen molar-refractivity contribution >= 4 is 0 Å². The van der Waals surface area contributed by atoms with Crippen LogP contribution in [0.1, 0.15) is 40.0 Å². The summed E-state index contributed by atoms with van der Waals surface area (Å²) in [4.78, 5) is 1.59. The van der Waals surface area contributed by atoms with Crippen LogP contribution in [0.4, 0.5) is 0 Å². The van der Waals surface area contributed by atoms with Crippen molar-refractivity contribution in [3.63, 3.8) is 0 Å². The zero-order valence-electron chi connectivity index (χ0n) is 9.51. The molecular weight excluding hydrogens is 174 g/mol. The molecule has 1 heterocycles. The van der Waals surface area contributed by atoms with Crippen molar-refractivity contribution in [2.45, 2.75) is 58.2 Å². The fourth-order valence-corrected chi connectivity index (χ4v) is 2.24. The summed E-state index contributed by atoms with van der Waals surface area (Å²) in [7, 11) is 0. The Morgan fingerprint density at radius 3 is 2.43 bits per heavy atom. The van der Waals surface area contributed by atoms with Crippen LogP contribution in [0.25, 0.3) is 0 Å². The Morgan fingerprint density at radius 1 is 1.36 bits per heavy atom. The van der Waals surface area contributed by atoms with Crippen LogP contribution in [0.15, 0.2) is 0 Å². The Balaban J connectivity index is 2.45. The third-order valence-electron chi connectivity index (χ3n) is 3.14. The molecule has 1 rings (SSSR count). The average Bonchev–Trinajstić information content (AvgIpc) is 2.09.